The number of rotatable bonds is 7. The third kappa shape index (κ3) is 5.05. The van der Waals surface area contributed by atoms with Gasteiger partial charge in [-0.2, -0.15) is 0 Å². The summed E-state index contributed by atoms with van der Waals surface area (Å²) < 4.78 is 5.55. The fourth-order valence-electron chi connectivity index (χ4n) is 1.28. The Morgan fingerprint density at radius 3 is 2.60 bits per heavy atom. The quantitative estimate of drug-likeness (QED) is 0.571. The third-order valence-electron chi connectivity index (χ3n) is 2.10. The summed E-state index contributed by atoms with van der Waals surface area (Å²) in [7, 11) is 0. The van der Waals surface area contributed by atoms with Crippen molar-refractivity contribution >= 4 is 11.6 Å². The Kier molecular flexibility index (Phi) is 6.21. The van der Waals surface area contributed by atoms with E-state index in [0.29, 0.717) is 12.5 Å². The Labute approximate surface area is 96.6 Å². The van der Waals surface area contributed by atoms with Crippen molar-refractivity contribution in [3.8, 4) is 5.75 Å². The molecule has 0 aliphatic rings. The molecule has 1 rings (SSSR count). The first-order valence-corrected chi connectivity index (χ1v) is 5.88. The molecule has 0 aliphatic carbocycles. The van der Waals surface area contributed by atoms with Crippen LogP contribution < -0.4 is 10.1 Å². The van der Waals surface area contributed by atoms with Crippen molar-refractivity contribution in [2.75, 3.05) is 25.6 Å². The van der Waals surface area contributed by atoms with E-state index >= 15 is 0 Å². The van der Waals surface area contributed by atoms with Gasteiger partial charge in [0, 0.05) is 12.4 Å². The highest BCUT2D eigenvalue weighted by atomic mass is 35.5. The van der Waals surface area contributed by atoms with E-state index < -0.39 is 0 Å². The van der Waals surface area contributed by atoms with Crippen molar-refractivity contribution in [1.29, 1.82) is 0 Å². The maximum Gasteiger partial charge on any atom is 0.119 e. The lowest BCUT2D eigenvalue weighted by Crippen LogP contribution is -2.20. The molecule has 0 aromatic heterocycles. The lowest BCUT2D eigenvalue weighted by molar-refractivity contribution is 0.315. The van der Waals surface area contributed by atoms with Gasteiger partial charge in [-0.15, -0.1) is 11.6 Å². The average molecular weight is 228 g/mol. The van der Waals surface area contributed by atoms with Gasteiger partial charge in [0.25, 0.3) is 0 Å². The molecule has 84 valence electrons. The first-order chi connectivity index (χ1) is 7.36. The smallest absolute Gasteiger partial charge is 0.119 e. The molecule has 2 nitrogen and oxygen atoms in total. The van der Waals surface area contributed by atoms with E-state index in [2.05, 4.69) is 24.4 Å². The molecule has 15 heavy (non-hydrogen) atoms. The lowest BCUT2D eigenvalue weighted by Gasteiger charge is -2.06. The number of halogens is 1. The summed E-state index contributed by atoms with van der Waals surface area (Å²) in [5.74, 6) is 1.59. The highest BCUT2D eigenvalue weighted by molar-refractivity contribution is 6.17. The summed E-state index contributed by atoms with van der Waals surface area (Å²) in [5, 5.41) is 3.21. The number of nitrogens with one attached hydrogen (secondary N) is 1. The van der Waals surface area contributed by atoms with Gasteiger partial charge in [0.05, 0.1) is 0 Å². The molecule has 3 heteroatoms. The number of alkyl halides is 1. The highest BCUT2D eigenvalue weighted by Crippen LogP contribution is 2.12. The zero-order valence-electron chi connectivity index (χ0n) is 9.13. The van der Waals surface area contributed by atoms with Gasteiger partial charge in [-0.1, -0.05) is 19.1 Å². The number of benzene rings is 1. The minimum Gasteiger partial charge on any atom is -0.492 e. The van der Waals surface area contributed by atoms with Crippen molar-refractivity contribution in [2.45, 2.75) is 13.3 Å². The topological polar surface area (TPSA) is 21.3 Å². The molecule has 0 fully saturated rings. The molecule has 0 saturated carbocycles. The van der Waals surface area contributed by atoms with Gasteiger partial charge >= 0.3 is 0 Å². The number of hydrogen-bond acceptors (Lipinski definition) is 2. The molecule has 0 aliphatic heterocycles. The Morgan fingerprint density at radius 1 is 1.27 bits per heavy atom. The van der Waals surface area contributed by atoms with E-state index in [1.54, 1.807) is 0 Å². The standard InChI is InChI=1S/C12H18ClNO/c1-2-14-9-10-15-12-5-3-11(4-6-12)7-8-13/h3-6,14H,2,7-10H2,1H3. The maximum absolute atomic E-state index is 5.65. The predicted molar refractivity (Wildman–Crippen MR) is 64.9 cm³/mol. The number of aryl methyl sites for hydroxylation is 1. The summed E-state index contributed by atoms with van der Waals surface area (Å²) in [6.07, 6.45) is 0.916. The summed E-state index contributed by atoms with van der Waals surface area (Å²) in [6, 6.07) is 8.11. The number of likely N-dealkylation sites (N-methyl/N-ethyl adjacent to an activating group) is 1. The van der Waals surface area contributed by atoms with Crippen molar-refractivity contribution < 1.29 is 4.74 Å². The normalized spacial score (nSPS) is 10.3. The van der Waals surface area contributed by atoms with Crippen molar-refractivity contribution in [3.63, 3.8) is 0 Å². The van der Waals surface area contributed by atoms with Gasteiger partial charge in [0.15, 0.2) is 0 Å². The fourth-order valence-corrected chi connectivity index (χ4v) is 1.50. The highest BCUT2D eigenvalue weighted by Gasteiger charge is 1.94. The van der Waals surface area contributed by atoms with Crippen LogP contribution in [0.4, 0.5) is 0 Å². The lowest BCUT2D eigenvalue weighted by atomic mass is 10.2. The van der Waals surface area contributed by atoms with Gasteiger partial charge in [-0.3, -0.25) is 0 Å². The van der Waals surface area contributed by atoms with Crippen LogP contribution in [0.15, 0.2) is 24.3 Å². The second-order valence-corrected chi connectivity index (χ2v) is 3.66. The molecule has 0 unspecified atom stereocenters. The summed E-state index contributed by atoms with van der Waals surface area (Å²) in [5.41, 5.74) is 1.25. The molecule has 1 N–H and O–H groups in total. The van der Waals surface area contributed by atoms with Gasteiger partial charge in [-0.25, -0.2) is 0 Å². The van der Waals surface area contributed by atoms with E-state index in [1.165, 1.54) is 5.56 Å². The minimum absolute atomic E-state index is 0.667. The van der Waals surface area contributed by atoms with Crippen molar-refractivity contribution in [3.05, 3.63) is 29.8 Å². The minimum atomic E-state index is 0.667. The summed E-state index contributed by atoms with van der Waals surface area (Å²) >= 11 is 5.65. The van der Waals surface area contributed by atoms with E-state index in [4.69, 9.17) is 16.3 Å². The summed E-state index contributed by atoms with van der Waals surface area (Å²) in [6.45, 7) is 4.67. The van der Waals surface area contributed by atoms with Crippen LogP contribution in [-0.4, -0.2) is 25.6 Å². The molecule has 0 atom stereocenters. The molecule has 0 radical (unpaired) electrons. The van der Waals surface area contributed by atoms with E-state index in [0.717, 1.165) is 25.3 Å². The van der Waals surface area contributed by atoms with Crippen LogP contribution in [0, 0.1) is 0 Å². The predicted octanol–water partition coefficient (Wildman–Crippen LogP) is 2.46. The molecule has 0 amide bonds. The molecule has 0 bridgehead atoms. The zero-order valence-corrected chi connectivity index (χ0v) is 9.89. The maximum atomic E-state index is 5.65. The molecular weight excluding hydrogens is 210 g/mol. The van der Waals surface area contributed by atoms with Crippen LogP contribution in [0.25, 0.3) is 0 Å². The molecule has 1 aromatic rings. The average Bonchev–Trinajstić information content (AvgIpc) is 2.27. The summed E-state index contributed by atoms with van der Waals surface area (Å²) in [4.78, 5) is 0. The third-order valence-corrected chi connectivity index (χ3v) is 2.29. The first-order valence-electron chi connectivity index (χ1n) is 5.35. The molecule has 0 saturated heterocycles. The van der Waals surface area contributed by atoms with E-state index in [-0.39, 0.29) is 0 Å². The number of ether oxygens (including phenoxy) is 1. The van der Waals surface area contributed by atoms with Crippen LogP contribution in [-0.2, 0) is 6.42 Å². The molecule has 0 heterocycles. The second-order valence-electron chi connectivity index (χ2n) is 3.28. The molecule has 0 spiro atoms. The van der Waals surface area contributed by atoms with E-state index in [9.17, 15) is 0 Å². The first kappa shape index (κ1) is 12.3. The fraction of sp³-hybridized carbons (Fsp3) is 0.500. The van der Waals surface area contributed by atoms with E-state index in [1.807, 2.05) is 12.1 Å². The molecular formula is C12H18ClNO. The largest absolute Gasteiger partial charge is 0.492 e. The van der Waals surface area contributed by atoms with Crippen LogP contribution in [0.2, 0.25) is 0 Å². The van der Waals surface area contributed by atoms with Gasteiger partial charge in [-0.05, 0) is 30.7 Å². The Morgan fingerprint density at radius 2 is 2.00 bits per heavy atom. The Bertz CT molecular complexity index is 261. The molecule has 1 aromatic carbocycles. The van der Waals surface area contributed by atoms with Gasteiger partial charge in [0.1, 0.15) is 12.4 Å². The van der Waals surface area contributed by atoms with Crippen molar-refractivity contribution in [2.24, 2.45) is 0 Å². The van der Waals surface area contributed by atoms with Crippen LogP contribution in [0.1, 0.15) is 12.5 Å². The van der Waals surface area contributed by atoms with Gasteiger partial charge < -0.3 is 10.1 Å². The van der Waals surface area contributed by atoms with Gasteiger partial charge in [0.2, 0.25) is 0 Å². The second kappa shape index (κ2) is 7.55. The van der Waals surface area contributed by atoms with Crippen molar-refractivity contribution in [1.82, 2.24) is 5.32 Å². The van der Waals surface area contributed by atoms with Crippen LogP contribution in [0.5, 0.6) is 5.75 Å². The van der Waals surface area contributed by atoms with Crippen LogP contribution in [0.3, 0.4) is 0 Å². The Balaban J connectivity index is 2.29. The SMILES string of the molecule is CCNCCOc1ccc(CCCl)cc1. The monoisotopic (exact) mass is 227 g/mol. The Hall–Kier alpha value is -0.730. The van der Waals surface area contributed by atoms with Crippen LogP contribution >= 0.6 is 11.6 Å². The number of hydrogen-bond donors (Lipinski definition) is 1. The zero-order chi connectivity index (χ0) is 10.9.